The van der Waals surface area contributed by atoms with Gasteiger partial charge in [0.1, 0.15) is 0 Å². The van der Waals surface area contributed by atoms with Crippen molar-refractivity contribution in [3.8, 4) is 0 Å². The van der Waals surface area contributed by atoms with Crippen LogP contribution in [0.25, 0.3) is 0 Å². The summed E-state index contributed by atoms with van der Waals surface area (Å²) in [6, 6.07) is 10.8. The molecule has 0 atom stereocenters. The van der Waals surface area contributed by atoms with E-state index in [0.717, 1.165) is 5.92 Å². The SMILES string of the molecule is c1ccc(N2CCN(CCC3CCNCC3)CC2)cc1. The van der Waals surface area contributed by atoms with Crippen molar-refractivity contribution in [1.82, 2.24) is 10.2 Å². The smallest absolute Gasteiger partial charge is 0.0367 e. The zero-order valence-electron chi connectivity index (χ0n) is 12.4. The summed E-state index contributed by atoms with van der Waals surface area (Å²) in [7, 11) is 0. The monoisotopic (exact) mass is 273 g/mol. The van der Waals surface area contributed by atoms with E-state index in [0.29, 0.717) is 0 Å². The van der Waals surface area contributed by atoms with Crippen LogP contribution in [0.15, 0.2) is 30.3 Å². The molecule has 0 amide bonds. The second-order valence-electron chi connectivity index (χ2n) is 6.15. The molecule has 1 aromatic rings. The molecule has 0 bridgehead atoms. The van der Waals surface area contributed by atoms with Crippen molar-refractivity contribution in [2.45, 2.75) is 19.3 Å². The molecule has 0 radical (unpaired) electrons. The van der Waals surface area contributed by atoms with Crippen molar-refractivity contribution < 1.29 is 0 Å². The predicted molar refractivity (Wildman–Crippen MR) is 85.3 cm³/mol. The second-order valence-corrected chi connectivity index (χ2v) is 6.15. The maximum absolute atomic E-state index is 3.46. The van der Waals surface area contributed by atoms with E-state index in [-0.39, 0.29) is 0 Å². The van der Waals surface area contributed by atoms with Gasteiger partial charge in [-0.25, -0.2) is 0 Å². The molecular formula is C17H27N3. The van der Waals surface area contributed by atoms with Crippen molar-refractivity contribution in [2.24, 2.45) is 5.92 Å². The number of nitrogens with zero attached hydrogens (tertiary/aromatic N) is 2. The van der Waals surface area contributed by atoms with Gasteiger partial charge in [0, 0.05) is 31.9 Å². The zero-order chi connectivity index (χ0) is 13.6. The number of para-hydroxylation sites is 1. The fourth-order valence-electron chi connectivity index (χ4n) is 3.40. The van der Waals surface area contributed by atoms with Gasteiger partial charge in [0.15, 0.2) is 0 Å². The van der Waals surface area contributed by atoms with Gasteiger partial charge < -0.3 is 10.2 Å². The third-order valence-corrected chi connectivity index (χ3v) is 4.81. The van der Waals surface area contributed by atoms with Gasteiger partial charge in [0.25, 0.3) is 0 Å². The molecule has 20 heavy (non-hydrogen) atoms. The van der Waals surface area contributed by atoms with E-state index < -0.39 is 0 Å². The predicted octanol–water partition coefficient (Wildman–Crippen LogP) is 2.20. The quantitative estimate of drug-likeness (QED) is 0.907. The van der Waals surface area contributed by atoms with Crippen LogP contribution in [0.2, 0.25) is 0 Å². The Morgan fingerprint density at radius 3 is 2.35 bits per heavy atom. The Balaban J connectivity index is 1.40. The van der Waals surface area contributed by atoms with Gasteiger partial charge in [-0.05, 0) is 56.9 Å². The summed E-state index contributed by atoms with van der Waals surface area (Å²) in [5.74, 6) is 0.961. The maximum atomic E-state index is 3.46. The topological polar surface area (TPSA) is 18.5 Å². The van der Waals surface area contributed by atoms with Gasteiger partial charge in [0.05, 0.1) is 0 Å². The molecule has 0 aromatic heterocycles. The van der Waals surface area contributed by atoms with Gasteiger partial charge >= 0.3 is 0 Å². The Morgan fingerprint density at radius 2 is 1.65 bits per heavy atom. The molecule has 3 heteroatoms. The van der Waals surface area contributed by atoms with E-state index in [1.807, 2.05) is 0 Å². The van der Waals surface area contributed by atoms with E-state index in [4.69, 9.17) is 0 Å². The molecule has 2 fully saturated rings. The highest BCUT2D eigenvalue weighted by Crippen LogP contribution is 2.18. The highest BCUT2D eigenvalue weighted by Gasteiger charge is 2.19. The van der Waals surface area contributed by atoms with Crippen molar-refractivity contribution in [1.29, 1.82) is 0 Å². The molecule has 3 rings (SSSR count). The summed E-state index contributed by atoms with van der Waals surface area (Å²) in [5.41, 5.74) is 1.38. The lowest BCUT2D eigenvalue weighted by atomic mass is 9.94. The highest BCUT2D eigenvalue weighted by atomic mass is 15.3. The van der Waals surface area contributed by atoms with E-state index in [1.165, 1.54) is 70.8 Å². The normalized spacial score (nSPS) is 22.1. The van der Waals surface area contributed by atoms with E-state index in [9.17, 15) is 0 Å². The minimum Gasteiger partial charge on any atom is -0.369 e. The van der Waals surface area contributed by atoms with Crippen molar-refractivity contribution in [3.63, 3.8) is 0 Å². The third kappa shape index (κ3) is 3.74. The van der Waals surface area contributed by atoms with Crippen molar-refractivity contribution in [2.75, 3.05) is 50.7 Å². The Kier molecular flexibility index (Phi) is 4.93. The Hall–Kier alpha value is -1.06. The summed E-state index contributed by atoms with van der Waals surface area (Å²) in [6.45, 7) is 8.55. The standard InChI is InChI=1S/C17H27N3/c1-2-4-17(5-3-1)20-14-12-19(13-15-20)11-8-16-6-9-18-10-7-16/h1-5,16,18H,6-15H2. The lowest BCUT2D eigenvalue weighted by Crippen LogP contribution is -2.47. The van der Waals surface area contributed by atoms with Crippen LogP contribution in [0.1, 0.15) is 19.3 Å². The first kappa shape index (κ1) is 13.9. The Labute approximate surface area is 123 Å². The van der Waals surface area contributed by atoms with Crippen molar-refractivity contribution in [3.05, 3.63) is 30.3 Å². The maximum Gasteiger partial charge on any atom is 0.0367 e. The minimum atomic E-state index is 0.961. The molecule has 1 N–H and O–H groups in total. The lowest BCUT2D eigenvalue weighted by molar-refractivity contribution is 0.224. The molecule has 1 aromatic carbocycles. The summed E-state index contributed by atoms with van der Waals surface area (Å²) in [4.78, 5) is 5.17. The largest absolute Gasteiger partial charge is 0.369 e. The van der Waals surface area contributed by atoms with Gasteiger partial charge in [-0.15, -0.1) is 0 Å². The van der Waals surface area contributed by atoms with Crippen LogP contribution in [0.5, 0.6) is 0 Å². The molecule has 0 unspecified atom stereocenters. The Bertz CT molecular complexity index is 378. The Morgan fingerprint density at radius 1 is 0.950 bits per heavy atom. The molecule has 2 aliphatic heterocycles. The van der Waals surface area contributed by atoms with Gasteiger partial charge in [-0.1, -0.05) is 18.2 Å². The molecule has 0 spiro atoms. The number of rotatable bonds is 4. The fourth-order valence-corrected chi connectivity index (χ4v) is 3.40. The molecule has 3 nitrogen and oxygen atoms in total. The summed E-state index contributed by atoms with van der Waals surface area (Å²) < 4.78 is 0. The van der Waals surface area contributed by atoms with E-state index in [1.54, 1.807) is 0 Å². The van der Waals surface area contributed by atoms with Crippen LogP contribution in [0, 0.1) is 5.92 Å². The first-order valence-corrected chi connectivity index (χ1v) is 8.15. The zero-order valence-corrected chi connectivity index (χ0v) is 12.4. The number of piperidine rings is 1. The molecule has 110 valence electrons. The molecule has 0 aliphatic carbocycles. The van der Waals surface area contributed by atoms with Crippen LogP contribution < -0.4 is 10.2 Å². The third-order valence-electron chi connectivity index (χ3n) is 4.81. The van der Waals surface area contributed by atoms with Crippen molar-refractivity contribution >= 4 is 5.69 Å². The number of hydrogen-bond donors (Lipinski definition) is 1. The average Bonchev–Trinajstić information content (AvgIpc) is 2.55. The van der Waals surface area contributed by atoms with Gasteiger partial charge in [0.2, 0.25) is 0 Å². The molecule has 2 heterocycles. The fraction of sp³-hybridized carbons (Fsp3) is 0.647. The number of piperazine rings is 1. The first-order valence-electron chi connectivity index (χ1n) is 8.15. The highest BCUT2D eigenvalue weighted by molar-refractivity contribution is 5.46. The summed E-state index contributed by atoms with van der Waals surface area (Å²) in [6.07, 6.45) is 4.15. The molecule has 2 saturated heterocycles. The number of hydrogen-bond acceptors (Lipinski definition) is 3. The van der Waals surface area contributed by atoms with Crippen LogP contribution in [0.3, 0.4) is 0 Å². The number of nitrogens with one attached hydrogen (secondary N) is 1. The van der Waals surface area contributed by atoms with Crippen LogP contribution >= 0.6 is 0 Å². The molecule has 2 aliphatic rings. The van der Waals surface area contributed by atoms with Gasteiger partial charge in [-0.3, -0.25) is 4.90 Å². The summed E-state index contributed by atoms with van der Waals surface area (Å²) >= 11 is 0. The molecular weight excluding hydrogens is 246 g/mol. The van der Waals surface area contributed by atoms with Gasteiger partial charge in [-0.2, -0.15) is 0 Å². The minimum absolute atomic E-state index is 0.961. The summed E-state index contributed by atoms with van der Waals surface area (Å²) in [5, 5.41) is 3.46. The van der Waals surface area contributed by atoms with Crippen LogP contribution in [0.4, 0.5) is 5.69 Å². The van der Waals surface area contributed by atoms with Crippen LogP contribution in [-0.4, -0.2) is 50.7 Å². The first-order chi connectivity index (χ1) is 9.92. The average molecular weight is 273 g/mol. The number of benzene rings is 1. The van der Waals surface area contributed by atoms with E-state index >= 15 is 0 Å². The second kappa shape index (κ2) is 7.09. The van der Waals surface area contributed by atoms with E-state index in [2.05, 4.69) is 45.4 Å². The van der Waals surface area contributed by atoms with Crippen LogP contribution in [-0.2, 0) is 0 Å². The lowest BCUT2D eigenvalue weighted by Gasteiger charge is -2.37. The number of anilines is 1. The molecule has 0 saturated carbocycles.